The van der Waals surface area contributed by atoms with Crippen molar-refractivity contribution in [3.05, 3.63) is 30.1 Å². The van der Waals surface area contributed by atoms with Gasteiger partial charge < -0.3 is 0 Å². The van der Waals surface area contributed by atoms with Crippen LogP contribution in [0, 0.1) is 5.41 Å². The van der Waals surface area contributed by atoms with Gasteiger partial charge in [-0.15, -0.1) is 0 Å². The minimum absolute atomic E-state index is 0.247. The van der Waals surface area contributed by atoms with Gasteiger partial charge >= 0.3 is 30.1 Å². The van der Waals surface area contributed by atoms with Crippen LogP contribution in [0.5, 0.6) is 0 Å². The number of Topliss-reactive ketones (excluding diaryl/α,β-unsaturated/α-hetero) is 3. The monoisotopic (exact) mass is 469 g/mol. The molecule has 0 saturated heterocycles. The summed E-state index contributed by atoms with van der Waals surface area (Å²) in [4.78, 5) is 43.5. The van der Waals surface area contributed by atoms with E-state index in [0.29, 0.717) is 6.42 Å². The first-order chi connectivity index (χ1) is 13.6. The molecule has 0 atom stereocenters. The van der Waals surface area contributed by atoms with Crippen molar-refractivity contribution in [2.45, 2.75) is 45.7 Å². The molecule has 0 bridgehead atoms. The van der Waals surface area contributed by atoms with Crippen molar-refractivity contribution in [3.8, 4) is 0 Å². The highest BCUT2D eigenvalue weighted by atomic mass is 19.4. The van der Waals surface area contributed by atoms with Crippen LogP contribution in [-0.2, 0) is 25.6 Å². The highest BCUT2D eigenvalue weighted by Gasteiger charge is 2.54. The Kier molecular flexibility index (Phi) is 11.3. The van der Waals surface area contributed by atoms with Gasteiger partial charge in [0, 0.05) is 24.2 Å². The smallest absolute Gasteiger partial charge is 0.299 e. The Bertz CT molecular complexity index is 722. The number of pyridine rings is 1. The van der Waals surface area contributed by atoms with Crippen LogP contribution >= 0.6 is 0 Å². The molecule has 0 aromatic carbocycles. The summed E-state index contributed by atoms with van der Waals surface area (Å²) in [5.41, 5.74) is 0.790. The van der Waals surface area contributed by atoms with Gasteiger partial charge in [0.2, 0.25) is 6.29 Å². The molecule has 5 nitrogen and oxygen atoms in total. The molecule has 0 aliphatic rings. The minimum Gasteiger partial charge on any atom is -0.299 e. The summed E-state index contributed by atoms with van der Waals surface area (Å²) in [6.45, 7) is 5.82. The lowest BCUT2D eigenvalue weighted by molar-refractivity contribution is -0.193. The molecule has 31 heavy (non-hydrogen) atoms. The van der Waals surface area contributed by atoms with E-state index in [1.165, 1.54) is 0 Å². The molecule has 1 heterocycles. The minimum atomic E-state index is -5.77. The van der Waals surface area contributed by atoms with Crippen LogP contribution in [0.25, 0.3) is 0 Å². The van der Waals surface area contributed by atoms with Crippen LogP contribution in [0.4, 0.5) is 39.5 Å². The van der Waals surface area contributed by atoms with Crippen molar-refractivity contribution in [2.24, 2.45) is 5.41 Å². The molecule has 0 amide bonds. The van der Waals surface area contributed by atoms with Crippen molar-refractivity contribution < 1.29 is 58.7 Å². The molecule has 0 radical (unpaired) electrons. The van der Waals surface area contributed by atoms with Gasteiger partial charge in [-0.25, -0.2) is 0 Å². The second-order valence-corrected chi connectivity index (χ2v) is 6.52. The van der Waals surface area contributed by atoms with E-state index in [-0.39, 0.29) is 11.2 Å². The van der Waals surface area contributed by atoms with E-state index in [1.807, 2.05) is 32.9 Å². The first-order valence-electron chi connectivity index (χ1n) is 7.81. The van der Waals surface area contributed by atoms with E-state index >= 15 is 0 Å². The van der Waals surface area contributed by atoms with Gasteiger partial charge in [-0.05, 0) is 17.7 Å². The number of halogens is 9. The maximum Gasteiger partial charge on any atom is 0.458 e. The number of carbonyl (C=O) groups is 4. The number of hydrogen-bond acceptors (Lipinski definition) is 5. The molecule has 0 unspecified atom stereocenters. The van der Waals surface area contributed by atoms with Crippen LogP contribution in [0.1, 0.15) is 26.3 Å². The fourth-order valence-corrected chi connectivity index (χ4v) is 1.21. The normalized spacial score (nSPS) is 11.9. The van der Waals surface area contributed by atoms with Crippen molar-refractivity contribution in [1.82, 2.24) is 4.98 Å². The molecule has 14 heteroatoms. The summed E-state index contributed by atoms with van der Waals surface area (Å²) in [7, 11) is 0. The molecule has 0 aliphatic heterocycles. The maximum absolute atomic E-state index is 11.6. The van der Waals surface area contributed by atoms with Gasteiger partial charge in [0.05, 0.1) is 0 Å². The molecule has 0 spiro atoms. The third-order valence-electron chi connectivity index (χ3n) is 2.81. The van der Waals surface area contributed by atoms with Crippen molar-refractivity contribution in [3.63, 3.8) is 0 Å². The van der Waals surface area contributed by atoms with Gasteiger partial charge in [-0.1, -0.05) is 20.8 Å². The molecule has 176 valence electrons. The number of alkyl halides is 9. The van der Waals surface area contributed by atoms with E-state index in [4.69, 9.17) is 4.79 Å². The average molecular weight is 469 g/mol. The second kappa shape index (κ2) is 11.6. The Morgan fingerprint density at radius 3 is 1.35 bits per heavy atom. The van der Waals surface area contributed by atoms with Gasteiger partial charge in [0.25, 0.3) is 0 Å². The molecule has 1 aromatic rings. The van der Waals surface area contributed by atoms with Crippen LogP contribution in [0.3, 0.4) is 0 Å². The van der Waals surface area contributed by atoms with Crippen molar-refractivity contribution in [1.29, 1.82) is 0 Å². The number of carbonyl (C=O) groups excluding carboxylic acids is 4. The summed E-state index contributed by atoms with van der Waals surface area (Å²) in [6.07, 6.45) is -13.3. The summed E-state index contributed by atoms with van der Waals surface area (Å²) in [6, 6.07) is 3.76. The highest BCUT2D eigenvalue weighted by Crippen LogP contribution is 2.24. The van der Waals surface area contributed by atoms with E-state index < -0.39 is 36.4 Å². The fraction of sp³-hybridized carbons (Fsp3) is 0.471. The number of ketones is 3. The Morgan fingerprint density at radius 2 is 1.13 bits per heavy atom. The molecule has 1 rings (SSSR count). The Balaban J connectivity index is 0. The zero-order valence-electron chi connectivity index (χ0n) is 16.1. The van der Waals surface area contributed by atoms with Crippen LogP contribution in [0.15, 0.2) is 24.5 Å². The quantitative estimate of drug-likeness (QED) is 0.376. The zero-order valence-corrected chi connectivity index (χ0v) is 16.1. The topological polar surface area (TPSA) is 81.2 Å². The Labute approximate surface area is 169 Å². The molecular formula is C17H16F9NO4. The number of aldehydes is 1. The van der Waals surface area contributed by atoms with Crippen molar-refractivity contribution in [2.75, 3.05) is 0 Å². The van der Waals surface area contributed by atoms with Crippen LogP contribution in [0.2, 0.25) is 0 Å². The SMILES string of the molecule is CC(C)(C)C(=O)Cc1ccncc1.O=C(C(=O)C(F)(F)F)C(F)(F)F.O=CC(F)(F)F. The van der Waals surface area contributed by atoms with Gasteiger partial charge in [-0.2, -0.15) is 39.5 Å². The summed E-state index contributed by atoms with van der Waals surface area (Å²) in [5.74, 6) is -6.55. The molecule has 0 fully saturated rings. The Hall–Kier alpha value is -2.80. The summed E-state index contributed by atoms with van der Waals surface area (Å²) in [5, 5.41) is 0. The maximum atomic E-state index is 11.6. The lowest BCUT2D eigenvalue weighted by Gasteiger charge is -2.16. The van der Waals surface area contributed by atoms with Crippen molar-refractivity contribution >= 4 is 23.6 Å². The van der Waals surface area contributed by atoms with Crippen LogP contribution in [-0.4, -0.2) is 47.1 Å². The van der Waals surface area contributed by atoms with E-state index in [9.17, 15) is 53.9 Å². The lowest BCUT2D eigenvalue weighted by atomic mass is 9.87. The number of rotatable bonds is 3. The fourth-order valence-electron chi connectivity index (χ4n) is 1.21. The number of nitrogens with zero attached hydrogens (tertiary/aromatic N) is 1. The highest BCUT2D eigenvalue weighted by molar-refractivity contribution is 6.41. The lowest BCUT2D eigenvalue weighted by Crippen LogP contribution is -2.39. The van der Waals surface area contributed by atoms with E-state index in [1.54, 1.807) is 12.4 Å². The number of hydrogen-bond donors (Lipinski definition) is 0. The predicted molar refractivity (Wildman–Crippen MR) is 86.6 cm³/mol. The van der Waals surface area contributed by atoms with Crippen LogP contribution < -0.4 is 0 Å². The largest absolute Gasteiger partial charge is 0.458 e. The number of aromatic nitrogens is 1. The first-order valence-corrected chi connectivity index (χ1v) is 7.81. The zero-order chi connectivity index (χ0) is 25.3. The molecular weight excluding hydrogens is 453 g/mol. The molecule has 1 aromatic heterocycles. The molecule has 0 saturated carbocycles. The van der Waals surface area contributed by atoms with E-state index in [0.717, 1.165) is 5.56 Å². The average Bonchev–Trinajstić information content (AvgIpc) is 2.59. The molecule has 0 aliphatic carbocycles. The molecule has 0 N–H and O–H groups in total. The summed E-state index contributed by atoms with van der Waals surface area (Å²) < 4.78 is 98.2. The predicted octanol–water partition coefficient (Wildman–Crippen LogP) is 4.24. The third-order valence-corrected chi connectivity index (χ3v) is 2.81. The van der Waals surface area contributed by atoms with E-state index in [2.05, 4.69) is 4.98 Å². The van der Waals surface area contributed by atoms with Gasteiger partial charge in [-0.3, -0.25) is 24.2 Å². The van der Waals surface area contributed by atoms with Gasteiger partial charge in [0.1, 0.15) is 5.78 Å². The van der Waals surface area contributed by atoms with Gasteiger partial charge in [0.15, 0.2) is 0 Å². The first kappa shape index (κ1) is 30.4. The standard InChI is InChI=1S/C11H15NO.C4F6O2.C2HF3O/c1-11(2,3)10(13)8-9-4-6-12-7-5-9;5-3(6,7)1(11)2(12)4(8,9)10;3-2(4,5)1-6/h4-7H,8H2,1-3H3;;1H. The Morgan fingerprint density at radius 1 is 0.806 bits per heavy atom. The second-order valence-electron chi connectivity index (χ2n) is 6.52. The summed E-state index contributed by atoms with van der Waals surface area (Å²) >= 11 is 0. The third kappa shape index (κ3) is 14.8.